The van der Waals surface area contributed by atoms with Gasteiger partial charge in [0, 0.05) is 11.4 Å². The molecule has 0 aliphatic carbocycles. The molecule has 0 saturated carbocycles. The SMILES string of the molecule is Cc1cccc(NS(=O)(=O)c2ccc(-c3ccc(S(=O)(=O)Nc4cccc(C)c4)cc3)cc2)c1. The lowest BCUT2D eigenvalue weighted by Crippen LogP contribution is -2.13. The molecule has 6 nitrogen and oxygen atoms in total. The van der Waals surface area contributed by atoms with E-state index in [4.69, 9.17) is 0 Å². The van der Waals surface area contributed by atoms with Gasteiger partial charge in [0.05, 0.1) is 9.79 Å². The van der Waals surface area contributed by atoms with Crippen molar-refractivity contribution in [1.29, 1.82) is 0 Å². The minimum absolute atomic E-state index is 0.138. The van der Waals surface area contributed by atoms with Gasteiger partial charge in [0.25, 0.3) is 20.0 Å². The second kappa shape index (κ2) is 9.32. The van der Waals surface area contributed by atoms with Crippen molar-refractivity contribution in [3.63, 3.8) is 0 Å². The summed E-state index contributed by atoms with van der Waals surface area (Å²) in [5, 5.41) is 0. The minimum atomic E-state index is -3.73. The predicted octanol–water partition coefficient (Wildman–Crippen LogP) is 5.57. The van der Waals surface area contributed by atoms with Gasteiger partial charge in [-0.3, -0.25) is 9.44 Å². The van der Waals surface area contributed by atoms with Crippen LogP contribution in [-0.2, 0) is 20.0 Å². The van der Waals surface area contributed by atoms with Gasteiger partial charge in [-0.1, -0.05) is 48.5 Å². The van der Waals surface area contributed by atoms with Crippen LogP contribution in [0, 0.1) is 13.8 Å². The molecule has 0 aliphatic heterocycles. The fraction of sp³-hybridized carbons (Fsp3) is 0.0769. The van der Waals surface area contributed by atoms with Crippen LogP contribution in [0.15, 0.2) is 107 Å². The van der Waals surface area contributed by atoms with Gasteiger partial charge < -0.3 is 0 Å². The molecule has 0 aliphatic rings. The number of anilines is 2. The van der Waals surface area contributed by atoms with Gasteiger partial charge in [0.1, 0.15) is 0 Å². The maximum atomic E-state index is 12.7. The molecule has 0 heterocycles. The van der Waals surface area contributed by atoms with Crippen molar-refractivity contribution in [2.75, 3.05) is 9.44 Å². The summed E-state index contributed by atoms with van der Waals surface area (Å²) in [5.41, 5.74) is 4.45. The molecule has 0 radical (unpaired) electrons. The Morgan fingerprint density at radius 3 is 1.18 bits per heavy atom. The Morgan fingerprint density at radius 2 is 0.853 bits per heavy atom. The van der Waals surface area contributed by atoms with Gasteiger partial charge in [-0.2, -0.15) is 0 Å². The first kappa shape index (κ1) is 23.5. The Labute approximate surface area is 200 Å². The fourth-order valence-corrected chi connectivity index (χ4v) is 5.60. The lowest BCUT2D eigenvalue weighted by molar-refractivity contribution is 0.599. The molecular formula is C26H24N2O4S2. The second-order valence-electron chi connectivity index (χ2n) is 8.00. The predicted molar refractivity (Wildman–Crippen MR) is 136 cm³/mol. The highest BCUT2D eigenvalue weighted by atomic mass is 32.2. The van der Waals surface area contributed by atoms with E-state index in [0.717, 1.165) is 22.3 Å². The number of nitrogens with one attached hydrogen (secondary N) is 2. The first-order chi connectivity index (χ1) is 16.1. The van der Waals surface area contributed by atoms with Crippen molar-refractivity contribution in [3.8, 4) is 11.1 Å². The maximum Gasteiger partial charge on any atom is 0.261 e. The summed E-state index contributed by atoms with van der Waals surface area (Å²) in [4.78, 5) is 0.276. The number of rotatable bonds is 7. The van der Waals surface area contributed by atoms with E-state index >= 15 is 0 Å². The highest BCUT2D eigenvalue weighted by Crippen LogP contribution is 2.25. The minimum Gasteiger partial charge on any atom is -0.280 e. The van der Waals surface area contributed by atoms with E-state index in [2.05, 4.69) is 9.44 Å². The summed E-state index contributed by atoms with van der Waals surface area (Å²) in [7, 11) is -7.45. The van der Waals surface area contributed by atoms with Gasteiger partial charge in [0.2, 0.25) is 0 Å². The first-order valence-electron chi connectivity index (χ1n) is 10.5. The Balaban J connectivity index is 1.51. The Bertz CT molecular complexity index is 1410. The van der Waals surface area contributed by atoms with Crippen LogP contribution in [-0.4, -0.2) is 16.8 Å². The molecule has 0 spiro atoms. The van der Waals surface area contributed by atoms with Crippen LogP contribution in [0.3, 0.4) is 0 Å². The third kappa shape index (κ3) is 5.47. The molecule has 8 heteroatoms. The molecule has 0 unspecified atom stereocenters. The Morgan fingerprint density at radius 1 is 0.500 bits per heavy atom. The molecule has 4 aromatic rings. The van der Waals surface area contributed by atoms with Gasteiger partial charge >= 0.3 is 0 Å². The van der Waals surface area contributed by atoms with Crippen molar-refractivity contribution in [2.45, 2.75) is 23.6 Å². The van der Waals surface area contributed by atoms with Crippen LogP contribution >= 0.6 is 0 Å². The molecular weight excluding hydrogens is 468 g/mol. The zero-order valence-electron chi connectivity index (χ0n) is 18.7. The summed E-state index contributed by atoms with van der Waals surface area (Å²) in [5.74, 6) is 0. The van der Waals surface area contributed by atoms with Crippen molar-refractivity contribution in [2.24, 2.45) is 0 Å². The normalized spacial score (nSPS) is 11.7. The van der Waals surface area contributed by atoms with Crippen molar-refractivity contribution < 1.29 is 16.8 Å². The number of hydrogen-bond donors (Lipinski definition) is 2. The topological polar surface area (TPSA) is 92.3 Å². The van der Waals surface area contributed by atoms with Crippen LogP contribution in [0.4, 0.5) is 11.4 Å². The molecule has 4 aromatic carbocycles. The fourth-order valence-electron chi connectivity index (χ4n) is 3.50. The summed E-state index contributed by atoms with van der Waals surface area (Å²) in [6.07, 6.45) is 0. The summed E-state index contributed by atoms with van der Waals surface area (Å²) in [6, 6.07) is 27.1. The molecule has 0 aromatic heterocycles. The Hall–Kier alpha value is -3.62. The molecule has 0 amide bonds. The number of sulfonamides is 2. The second-order valence-corrected chi connectivity index (χ2v) is 11.4. The molecule has 4 rings (SSSR count). The lowest BCUT2D eigenvalue weighted by Gasteiger charge is -2.11. The molecule has 0 saturated heterocycles. The van der Waals surface area contributed by atoms with Gasteiger partial charge in [-0.05, 0) is 84.6 Å². The maximum absolute atomic E-state index is 12.7. The summed E-state index contributed by atoms with van der Waals surface area (Å²) < 4.78 is 56.0. The van der Waals surface area contributed by atoms with E-state index in [0.29, 0.717) is 11.4 Å². The van der Waals surface area contributed by atoms with Gasteiger partial charge in [-0.15, -0.1) is 0 Å². The van der Waals surface area contributed by atoms with Crippen molar-refractivity contribution in [1.82, 2.24) is 0 Å². The van der Waals surface area contributed by atoms with Crippen LogP contribution in [0.25, 0.3) is 11.1 Å². The Kier molecular flexibility index (Phi) is 6.45. The first-order valence-corrected chi connectivity index (χ1v) is 13.5. The quantitative estimate of drug-likeness (QED) is 0.353. The zero-order chi connectivity index (χ0) is 24.3. The van der Waals surface area contributed by atoms with Gasteiger partial charge in [-0.25, -0.2) is 16.8 Å². The van der Waals surface area contributed by atoms with E-state index in [9.17, 15) is 16.8 Å². The van der Waals surface area contributed by atoms with Crippen LogP contribution < -0.4 is 9.44 Å². The standard InChI is InChI=1S/C26H24N2O4S2/c1-19-5-3-7-23(17-19)27-33(29,30)25-13-9-21(10-14-25)22-11-15-26(16-12-22)34(31,32)28-24-8-4-6-20(2)18-24/h3-18,27-28H,1-2H3. The van der Waals surface area contributed by atoms with E-state index in [-0.39, 0.29) is 9.79 Å². The monoisotopic (exact) mass is 492 g/mol. The van der Waals surface area contributed by atoms with Crippen molar-refractivity contribution >= 4 is 31.4 Å². The smallest absolute Gasteiger partial charge is 0.261 e. The van der Waals surface area contributed by atoms with E-state index in [1.807, 2.05) is 26.0 Å². The molecule has 174 valence electrons. The average molecular weight is 493 g/mol. The molecule has 0 bridgehead atoms. The van der Waals surface area contributed by atoms with Crippen molar-refractivity contribution in [3.05, 3.63) is 108 Å². The molecule has 2 N–H and O–H groups in total. The molecule has 0 atom stereocenters. The van der Waals surface area contributed by atoms with Gasteiger partial charge in [0.15, 0.2) is 0 Å². The zero-order valence-corrected chi connectivity index (χ0v) is 20.3. The average Bonchev–Trinajstić information content (AvgIpc) is 2.79. The highest BCUT2D eigenvalue weighted by Gasteiger charge is 2.16. The number of benzene rings is 4. The van der Waals surface area contributed by atoms with Crippen LogP contribution in [0.1, 0.15) is 11.1 Å². The third-order valence-corrected chi connectivity index (χ3v) is 8.00. The number of aryl methyl sites for hydroxylation is 2. The molecule has 34 heavy (non-hydrogen) atoms. The van der Waals surface area contributed by atoms with Crippen LogP contribution in [0.2, 0.25) is 0 Å². The number of hydrogen-bond acceptors (Lipinski definition) is 4. The summed E-state index contributed by atoms with van der Waals surface area (Å²) in [6.45, 7) is 3.78. The summed E-state index contributed by atoms with van der Waals surface area (Å²) >= 11 is 0. The van der Waals surface area contributed by atoms with E-state index in [1.165, 1.54) is 24.3 Å². The highest BCUT2D eigenvalue weighted by molar-refractivity contribution is 7.93. The van der Waals surface area contributed by atoms with E-state index < -0.39 is 20.0 Å². The molecule has 0 fully saturated rings. The largest absolute Gasteiger partial charge is 0.280 e. The third-order valence-electron chi connectivity index (χ3n) is 5.20. The lowest BCUT2D eigenvalue weighted by atomic mass is 10.1. The van der Waals surface area contributed by atoms with E-state index in [1.54, 1.807) is 60.7 Å². The van der Waals surface area contributed by atoms with Crippen LogP contribution in [0.5, 0.6) is 0 Å².